The molecule has 106 valence electrons. The van der Waals surface area contributed by atoms with Crippen LogP contribution < -0.4 is 11.1 Å². The van der Waals surface area contributed by atoms with Gasteiger partial charge in [-0.3, -0.25) is 4.79 Å². The summed E-state index contributed by atoms with van der Waals surface area (Å²) in [5.41, 5.74) is 6.59. The molecule has 1 aromatic carbocycles. The van der Waals surface area contributed by atoms with Gasteiger partial charge >= 0.3 is 0 Å². The van der Waals surface area contributed by atoms with E-state index in [2.05, 4.69) is 5.32 Å². The van der Waals surface area contributed by atoms with Crippen LogP contribution in [0.15, 0.2) is 18.2 Å². The van der Waals surface area contributed by atoms with Gasteiger partial charge in [0.2, 0.25) is 0 Å². The van der Waals surface area contributed by atoms with Crippen molar-refractivity contribution in [3.63, 3.8) is 0 Å². The summed E-state index contributed by atoms with van der Waals surface area (Å²) in [5, 5.41) is 3.33. The number of ether oxygens (including phenoxy) is 1. The van der Waals surface area contributed by atoms with Crippen molar-refractivity contribution in [1.82, 2.24) is 5.32 Å². The topological polar surface area (TPSA) is 64.3 Å². The van der Waals surface area contributed by atoms with E-state index in [1.54, 1.807) is 18.2 Å². The van der Waals surface area contributed by atoms with E-state index < -0.39 is 0 Å². The molecule has 0 radical (unpaired) electrons. The second kappa shape index (κ2) is 8.02. The van der Waals surface area contributed by atoms with Crippen molar-refractivity contribution in [1.29, 1.82) is 0 Å². The van der Waals surface area contributed by atoms with Crippen LogP contribution in [0.2, 0.25) is 5.02 Å². The number of nitrogen functional groups attached to an aromatic ring is 1. The minimum Gasteiger partial charge on any atom is -0.398 e. The van der Waals surface area contributed by atoms with Gasteiger partial charge in [0, 0.05) is 23.9 Å². The average molecular weight is 285 g/mol. The van der Waals surface area contributed by atoms with Gasteiger partial charge < -0.3 is 15.8 Å². The summed E-state index contributed by atoms with van der Waals surface area (Å²) in [4.78, 5) is 11.9. The molecule has 1 amide bonds. The predicted molar refractivity (Wildman–Crippen MR) is 78.5 cm³/mol. The summed E-state index contributed by atoms with van der Waals surface area (Å²) in [6, 6.07) is 4.87. The minimum absolute atomic E-state index is 0.190. The fourth-order valence-electron chi connectivity index (χ4n) is 1.57. The minimum atomic E-state index is -0.190. The highest BCUT2D eigenvalue weighted by Gasteiger charge is 2.09. The number of benzene rings is 1. The molecule has 0 aromatic heterocycles. The number of amides is 1. The fraction of sp³-hybridized carbons (Fsp3) is 0.500. The number of nitrogens with two attached hydrogens (primary N) is 1. The van der Waals surface area contributed by atoms with Crippen molar-refractivity contribution in [3.05, 3.63) is 28.8 Å². The molecular formula is C14H21ClN2O2. The highest BCUT2D eigenvalue weighted by atomic mass is 35.5. The molecule has 0 atom stereocenters. The average Bonchev–Trinajstić information content (AvgIpc) is 2.36. The van der Waals surface area contributed by atoms with E-state index in [9.17, 15) is 4.79 Å². The molecule has 1 rings (SSSR count). The molecule has 0 spiro atoms. The third kappa shape index (κ3) is 5.94. The van der Waals surface area contributed by atoms with Crippen LogP contribution >= 0.6 is 11.6 Å². The van der Waals surface area contributed by atoms with E-state index in [4.69, 9.17) is 22.1 Å². The van der Waals surface area contributed by atoms with Gasteiger partial charge in [-0.1, -0.05) is 11.6 Å². The van der Waals surface area contributed by atoms with Gasteiger partial charge in [-0.15, -0.1) is 0 Å². The van der Waals surface area contributed by atoms with Gasteiger partial charge in [0.1, 0.15) is 0 Å². The maximum atomic E-state index is 11.9. The Morgan fingerprint density at radius 1 is 1.42 bits per heavy atom. The molecule has 0 aliphatic carbocycles. The molecule has 19 heavy (non-hydrogen) atoms. The normalized spacial score (nSPS) is 10.7. The van der Waals surface area contributed by atoms with E-state index in [0.717, 1.165) is 12.8 Å². The van der Waals surface area contributed by atoms with Gasteiger partial charge in [0.15, 0.2) is 0 Å². The van der Waals surface area contributed by atoms with Crippen LogP contribution in [0.5, 0.6) is 0 Å². The number of rotatable bonds is 7. The van der Waals surface area contributed by atoms with Crippen LogP contribution in [0, 0.1) is 0 Å². The van der Waals surface area contributed by atoms with Gasteiger partial charge in [-0.05, 0) is 44.9 Å². The first-order valence-electron chi connectivity index (χ1n) is 6.45. The summed E-state index contributed by atoms with van der Waals surface area (Å²) in [6.07, 6.45) is 2.04. The van der Waals surface area contributed by atoms with Crippen LogP contribution in [0.3, 0.4) is 0 Å². The van der Waals surface area contributed by atoms with Crippen molar-refractivity contribution >= 4 is 23.2 Å². The second-order valence-electron chi connectivity index (χ2n) is 4.61. The molecule has 0 heterocycles. The first-order valence-corrected chi connectivity index (χ1v) is 6.83. The zero-order chi connectivity index (χ0) is 14.3. The zero-order valence-corrected chi connectivity index (χ0v) is 12.2. The lowest BCUT2D eigenvalue weighted by atomic mass is 10.1. The van der Waals surface area contributed by atoms with Gasteiger partial charge in [-0.2, -0.15) is 0 Å². The van der Waals surface area contributed by atoms with Crippen LogP contribution in [0.4, 0.5) is 5.69 Å². The lowest BCUT2D eigenvalue weighted by molar-refractivity contribution is 0.0754. The molecule has 0 unspecified atom stereocenters. The number of nitrogens with one attached hydrogen (secondary N) is 1. The molecule has 0 bridgehead atoms. The van der Waals surface area contributed by atoms with E-state index in [1.807, 2.05) is 13.8 Å². The maximum absolute atomic E-state index is 11.9. The fourth-order valence-corrected chi connectivity index (χ4v) is 1.74. The molecule has 0 saturated carbocycles. The molecule has 3 N–H and O–H groups in total. The maximum Gasteiger partial charge on any atom is 0.253 e. The number of carbonyl (C=O) groups is 1. The van der Waals surface area contributed by atoms with Crippen LogP contribution in [0.25, 0.3) is 0 Å². The summed E-state index contributed by atoms with van der Waals surface area (Å²) in [7, 11) is 0. The number of halogens is 1. The quantitative estimate of drug-likeness (QED) is 0.598. The Balaban J connectivity index is 2.29. The van der Waals surface area contributed by atoms with Crippen LogP contribution in [0.1, 0.15) is 37.0 Å². The Morgan fingerprint density at radius 3 is 2.84 bits per heavy atom. The number of anilines is 1. The number of hydrogen-bond acceptors (Lipinski definition) is 3. The van der Waals surface area contributed by atoms with Crippen LogP contribution in [-0.4, -0.2) is 25.2 Å². The lowest BCUT2D eigenvalue weighted by Gasteiger charge is -2.09. The summed E-state index contributed by atoms with van der Waals surface area (Å²) >= 11 is 5.84. The molecule has 0 fully saturated rings. The van der Waals surface area contributed by atoms with Crippen molar-refractivity contribution in [2.45, 2.75) is 32.8 Å². The number of hydrogen-bond donors (Lipinski definition) is 2. The van der Waals surface area contributed by atoms with E-state index in [1.165, 1.54) is 0 Å². The molecule has 4 nitrogen and oxygen atoms in total. The van der Waals surface area contributed by atoms with Gasteiger partial charge in [-0.25, -0.2) is 0 Å². The van der Waals surface area contributed by atoms with Crippen molar-refractivity contribution < 1.29 is 9.53 Å². The largest absolute Gasteiger partial charge is 0.398 e. The summed E-state index contributed by atoms with van der Waals surface area (Å²) < 4.78 is 5.42. The van der Waals surface area contributed by atoms with Gasteiger partial charge in [0.05, 0.1) is 11.7 Å². The Hall–Kier alpha value is -1.26. The Bertz CT molecular complexity index is 422. The Kier molecular flexibility index (Phi) is 6.67. The van der Waals surface area contributed by atoms with Crippen molar-refractivity contribution in [2.75, 3.05) is 18.9 Å². The number of carbonyl (C=O) groups excluding carboxylic acids is 1. The lowest BCUT2D eigenvalue weighted by Crippen LogP contribution is -2.25. The first-order chi connectivity index (χ1) is 9.00. The molecule has 0 aliphatic rings. The third-order valence-electron chi connectivity index (χ3n) is 2.57. The molecule has 0 aliphatic heterocycles. The Labute approximate surface area is 119 Å². The monoisotopic (exact) mass is 284 g/mol. The SMILES string of the molecule is CC(C)OCCCCNC(=O)c1cc(Cl)ccc1N. The summed E-state index contributed by atoms with van der Waals surface area (Å²) in [6.45, 7) is 5.33. The Morgan fingerprint density at radius 2 is 2.16 bits per heavy atom. The zero-order valence-electron chi connectivity index (χ0n) is 11.4. The standard InChI is InChI=1S/C14H21ClN2O2/c1-10(2)19-8-4-3-7-17-14(18)12-9-11(15)5-6-13(12)16/h5-6,9-10H,3-4,7-8,16H2,1-2H3,(H,17,18). The summed E-state index contributed by atoms with van der Waals surface area (Å²) in [5.74, 6) is -0.190. The highest BCUT2D eigenvalue weighted by Crippen LogP contribution is 2.17. The second-order valence-corrected chi connectivity index (χ2v) is 5.05. The van der Waals surface area contributed by atoms with Crippen molar-refractivity contribution in [3.8, 4) is 0 Å². The molecule has 0 saturated heterocycles. The van der Waals surface area contributed by atoms with Crippen LogP contribution in [-0.2, 0) is 4.74 Å². The first kappa shape index (κ1) is 15.8. The number of unbranched alkanes of at least 4 members (excludes halogenated alkanes) is 1. The highest BCUT2D eigenvalue weighted by molar-refractivity contribution is 6.31. The molecule has 1 aromatic rings. The molecule has 5 heteroatoms. The van der Waals surface area contributed by atoms with E-state index in [0.29, 0.717) is 29.4 Å². The van der Waals surface area contributed by atoms with E-state index in [-0.39, 0.29) is 12.0 Å². The predicted octanol–water partition coefficient (Wildman–Crippen LogP) is 2.86. The van der Waals surface area contributed by atoms with E-state index >= 15 is 0 Å². The molecular weight excluding hydrogens is 264 g/mol. The third-order valence-corrected chi connectivity index (χ3v) is 2.80. The van der Waals surface area contributed by atoms with Gasteiger partial charge in [0.25, 0.3) is 5.91 Å². The smallest absolute Gasteiger partial charge is 0.253 e. The van der Waals surface area contributed by atoms with Crippen molar-refractivity contribution in [2.24, 2.45) is 0 Å².